The van der Waals surface area contributed by atoms with Crippen molar-refractivity contribution in [2.75, 3.05) is 11.4 Å². The molecule has 4 nitrogen and oxygen atoms in total. The molecule has 0 bridgehead atoms. The normalized spacial score (nSPS) is 17.0. The molecule has 1 atom stereocenters. The highest BCUT2D eigenvalue weighted by Crippen LogP contribution is 2.26. The van der Waals surface area contributed by atoms with Gasteiger partial charge in [-0.25, -0.2) is 0 Å². The van der Waals surface area contributed by atoms with Gasteiger partial charge in [0.2, 0.25) is 11.8 Å². The Bertz CT molecular complexity index is 768. The molecule has 4 heteroatoms. The van der Waals surface area contributed by atoms with Gasteiger partial charge in [-0.05, 0) is 48.6 Å². The maximum absolute atomic E-state index is 12.6. The van der Waals surface area contributed by atoms with Gasteiger partial charge in [0.15, 0.2) is 0 Å². The Balaban J connectivity index is 1.62. The molecule has 0 unspecified atom stereocenters. The Labute approximate surface area is 148 Å². The number of carbonyl (C=O) groups excluding carboxylic acids is 2. The van der Waals surface area contributed by atoms with Crippen LogP contribution in [0.4, 0.5) is 5.69 Å². The molecule has 1 fully saturated rings. The van der Waals surface area contributed by atoms with Gasteiger partial charge in [0.1, 0.15) is 5.92 Å². The summed E-state index contributed by atoms with van der Waals surface area (Å²) in [7, 11) is 0. The molecular formula is C21H24N2O2. The highest BCUT2D eigenvalue weighted by Gasteiger charge is 2.37. The Morgan fingerprint density at radius 2 is 1.88 bits per heavy atom. The fourth-order valence-corrected chi connectivity index (χ4v) is 3.21. The maximum atomic E-state index is 12.6. The van der Waals surface area contributed by atoms with Crippen molar-refractivity contribution in [2.24, 2.45) is 5.92 Å². The number of hydrogen-bond acceptors (Lipinski definition) is 2. The summed E-state index contributed by atoms with van der Waals surface area (Å²) in [5.74, 6) is -0.873. The lowest BCUT2D eigenvalue weighted by Gasteiger charge is -2.17. The van der Waals surface area contributed by atoms with Crippen LogP contribution >= 0.6 is 0 Å². The summed E-state index contributed by atoms with van der Waals surface area (Å²) >= 11 is 0. The predicted molar refractivity (Wildman–Crippen MR) is 99.3 cm³/mol. The topological polar surface area (TPSA) is 49.4 Å². The van der Waals surface area contributed by atoms with E-state index < -0.39 is 5.92 Å². The van der Waals surface area contributed by atoms with Crippen molar-refractivity contribution in [1.82, 2.24) is 5.32 Å². The average Bonchev–Trinajstić information content (AvgIpc) is 3.02. The summed E-state index contributed by atoms with van der Waals surface area (Å²) in [4.78, 5) is 26.8. The van der Waals surface area contributed by atoms with Gasteiger partial charge in [-0.2, -0.15) is 0 Å². The maximum Gasteiger partial charge on any atom is 0.239 e. The summed E-state index contributed by atoms with van der Waals surface area (Å²) in [6.07, 6.45) is 1.53. The molecule has 130 valence electrons. The molecule has 0 aliphatic carbocycles. The van der Waals surface area contributed by atoms with Crippen molar-refractivity contribution in [1.29, 1.82) is 0 Å². The zero-order valence-corrected chi connectivity index (χ0v) is 14.8. The third kappa shape index (κ3) is 3.73. The minimum Gasteiger partial charge on any atom is -0.351 e. The summed E-state index contributed by atoms with van der Waals surface area (Å²) < 4.78 is 0. The van der Waals surface area contributed by atoms with Crippen molar-refractivity contribution < 1.29 is 9.59 Å². The van der Waals surface area contributed by atoms with Gasteiger partial charge >= 0.3 is 0 Å². The molecule has 1 saturated heterocycles. The molecule has 0 radical (unpaired) electrons. The van der Waals surface area contributed by atoms with Gasteiger partial charge < -0.3 is 10.2 Å². The molecule has 1 heterocycles. The fourth-order valence-electron chi connectivity index (χ4n) is 3.21. The van der Waals surface area contributed by atoms with Crippen LogP contribution in [0.5, 0.6) is 0 Å². The van der Waals surface area contributed by atoms with Gasteiger partial charge in [0.25, 0.3) is 0 Å². The largest absolute Gasteiger partial charge is 0.351 e. The van der Waals surface area contributed by atoms with E-state index in [2.05, 4.69) is 12.2 Å². The van der Waals surface area contributed by atoms with Crippen LogP contribution in [-0.4, -0.2) is 18.4 Å². The Morgan fingerprint density at radius 3 is 2.56 bits per heavy atom. The number of amides is 2. The molecule has 1 aliphatic rings. The van der Waals surface area contributed by atoms with E-state index in [1.807, 2.05) is 55.5 Å². The smallest absolute Gasteiger partial charge is 0.239 e. The molecule has 2 amide bonds. The molecule has 1 N–H and O–H groups in total. The third-order valence-corrected chi connectivity index (χ3v) is 4.89. The monoisotopic (exact) mass is 336 g/mol. The van der Waals surface area contributed by atoms with Gasteiger partial charge in [-0.3, -0.25) is 9.59 Å². The molecule has 1 aliphatic heterocycles. The van der Waals surface area contributed by atoms with E-state index in [1.54, 1.807) is 4.90 Å². The van der Waals surface area contributed by atoms with Crippen LogP contribution in [0.2, 0.25) is 0 Å². The molecule has 0 spiro atoms. The first-order valence-corrected chi connectivity index (χ1v) is 8.82. The number of benzene rings is 2. The molecule has 3 rings (SSSR count). The highest BCUT2D eigenvalue weighted by molar-refractivity contribution is 6.09. The molecule has 25 heavy (non-hydrogen) atoms. The van der Waals surface area contributed by atoms with Crippen LogP contribution in [0.25, 0.3) is 0 Å². The minimum absolute atomic E-state index is 0.105. The summed E-state index contributed by atoms with van der Waals surface area (Å²) in [5, 5.41) is 2.92. The Kier molecular flexibility index (Phi) is 5.17. The molecule has 2 aromatic carbocycles. The van der Waals surface area contributed by atoms with E-state index in [0.29, 0.717) is 19.5 Å². The Hall–Kier alpha value is -2.62. The zero-order valence-electron chi connectivity index (χ0n) is 14.8. The van der Waals surface area contributed by atoms with E-state index in [1.165, 1.54) is 5.56 Å². The Morgan fingerprint density at radius 1 is 1.16 bits per heavy atom. The first kappa shape index (κ1) is 17.2. The van der Waals surface area contributed by atoms with Gasteiger partial charge in [-0.15, -0.1) is 0 Å². The molecule has 0 saturated carbocycles. The molecule has 0 aromatic heterocycles. The molecular weight excluding hydrogens is 312 g/mol. The van der Waals surface area contributed by atoms with Crippen LogP contribution < -0.4 is 10.2 Å². The predicted octanol–water partition coefficient (Wildman–Crippen LogP) is 3.23. The van der Waals surface area contributed by atoms with Crippen molar-refractivity contribution >= 4 is 17.5 Å². The van der Waals surface area contributed by atoms with Gasteiger partial charge in [0, 0.05) is 18.8 Å². The van der Waals surface area contributed by atoms with Crippen LogP contribution in [-0.2, 0) is 22.6 Å². The van der Waals surface area contributed by atoms with Crippen molar-refractivity contribution in [3.63, 3.8) is 0 Å². The number of carbonyl (C=O) groups is 2. The van der Waals surface area contributed by atoms with Gasteiger partial charge in [-0.1, -0.05) is 43.3 Å². The SMILES string of the molecule is CCc1ccc(N2CC[C@@H](C(=O)NCc3ccccc3C)C2=O)cc1. The van der Waals surface area contributed by atoms with E-state index in [0.717, 1.165) is 23.2 Å². The van der Waals surface area contributed by atoms with E-state index in [-0.39, 0.29) is 11.8 Å². The number of nitrogens with one attached hydrogen (secondary N) is 1. The second-order valence-electron chi connectivity index (χ2n) is 6.50. The van der Waals surface area contributed by atoms with Crippen molar-refractivity contribution in [3.8, 4) is 0 Å². The lowest BCUT2D eigenvalue weighted by atomic mass is 10.1. The number of anilines is 1. The minimum atomic E-state index is -0.588. The van der Waals surface area contributed by atoms with Crippen LogP contribution in [0.1, 0.15) is 30.0 Å². The molecule has 2 aromatic rings. The summed E-state index contributed by atoms with van der Waals surface area (Å²) in [6, 6.07) is 15.9. The van der Waals surface area contributed by atoms with Crippen molar-refractivity contribution in [2.45, 2.75) is 33.2 Å². The number of hydrogen-bond donors (Lipinski definition) is 1. The van der Waals surface area contributed by atoms with Crippen LogP contribution in [0.15, 0.2) is 48.5 Å². The average molecular weight is 336 g/mol. The number of nitrogens with zero attached hydrogens (tertiary/aromatic N) is 1. The van der Waals surface area contributed by atoms with Crippen molar-refractivity contribution in [3.05, 3.63) is 65.2 Å². The quantitative estimate of drug-likeness (QED) is 0.852. The highest BCUT2D eigenvalue weighted by atomic mass is 16.2. The van der Waals surface area contributed by atoms with Crippen LogP contribution in [0, 0.1) is 12.8 Å². The lowest BCUT2D eigenvalue weighted by Crippen LogP contribution is -2.36. The van der Waals surface area contributed by atoms with Crippen LogP contribution in [0.3, 0.4) is 0 Å². The van der Waals surface area contributed by atoms with Gasteiger partial charge in [0.05, 0.1) is 0 Å². The first-order valence-electron chi connectivity index (χ1n) is 8.82. The van der Waals surface area contributed by atoms with E-state index >= 15 is 0 Å². The van der Waals surface area contributed by atoms with E-state index in [9.17, 15) is 9.59 Å². The summed E-state index contributed by atoms with van der Waals surface area (Å²) in [5.41, 5.74) is 4.32. The first-order chi connectivity index (χ1) is 12.1. The fraction of sp³-hybridized carbons (Fsp3) is 0.333. The van der Waals surface area contributed by atoms with E-state index in [4.69, 9.17) is 0 Å². The lowest BCUT2D eigenvalue weighted by molar-refractivity contribution is -0.132. The standard InChI is InChI=1S/C21H24N2O2/c1-3-16-8-10-18(11-9-16)23-13-12-19(21(23)25)20(24)22-14-17-7-5-4-6-15(17)2/h4-11,19H,3,12-14H2,1-2H3,(H,22,24)/t19-/m0/s1. The third-order valence-electron chi connectivity index (χ3n) is 4.89. The second-order valence-corrected chi connectivity index (χ2v) is 6.50. The zero-order chi connectivity index (χ0) is 17.8. The summed E-state index contributed by atoms with van der Waals surface area (Å²) in [6.45, 7) is 5.17. The second kappa shape index (κ2) is 7.51. The number of rotatable bonds is 5. The number of aryl methyl sites for hydroxylation is 2.